The summed E-state index contributed by atoms with van der Waals surface area (Å²) >= 11 is 4.74. The molecule has 0 atom stereocenters. The van der Waals surface area contributed by atoms with Crippen molar-refractivity contribution in [1.82, 2.24) is 0 Å². The number of halogens is 1. The highest BCUT2D eigenvalue weighted by Gasteiger charge is 2.10. The predicted octanol–water partition coefficient (Wildman–Crippen LogP) is 4.34. The number of thioether (sulfide) groups is 1. The summed E-state index contributed by atoms with van der Waals surface area (Å²) in [5.41, 5.74) is 2.92. The maximum Gasteiger partial charge on any atom is 0.316 e. The Balaban J connectivity index is 1.75. The van der Waals surface area contributed by atoms with Gasteiger partial charge in [-0.25, -0.2) is 0 Å². The van der Waals surface area contributed by atoms with Gasteiger partial charge in [0.05, 0.1) is 5.75 Å². The molecule has 6 heteroatoms. The summed E-state index contributed by atoms with van der Waals surface area (Å²) in [5.74, 6) is -0.593. The van der Waals surface area contributed by atoms with Crippen molar-refractivity contribution in [2.45, 2.75) is 18.7 Å². The Kier molecular flexibility index (Phi) is 6.87. The van der Waals surface area contributed by atoms with E-state index in [1.54, 1.807) is 12.1 Å². The monoisotopic (exact) mass is 407 g/mol. The van der Waals surface area contributed by atoms with Crippen LogP contribution in [0.15, 0.2) is 51.8 Å². The Hall–Kier alpha value is -1.79. The van der Waals surface area contributed by atoms with E-state index in [1.807, 2.05) is 44.2 Å². The molecule has 0 saturated carbocycles. The van der Waals surface area contributed by atoms with Crippen LogP contribution in [-0.2, 0) is 14.3 Å². The first kappa shape index (κ1) is 18.5. The lowest BCUT2D eigenvalue weighted by molar-refractivity contribution is -0.144. The van der Waals surface area contributed by atoms with Gasteiger partial charge in [0.15, 0.2) is 6.61 Å². The van der Waals surface area contributed by atoms with Gasteiger partial charge in [0, 0.05) is 15.1 Å². The Bertz CT molecular complexity index is 732. The van der Waals surface area contributed by atoms with Crippen molar-refractivity contribution in [2.75, 3.05) is 17.7 Å². The molecular weight excluding hydrogens is 390 g/mol. The number of nitrogens with one attached hydrogen (secondary N) is 1. The zero-order valence-corrected chi connectivity index (χ0v) is 15.9. The third kappa shape index (κ3) is 6.02. The molecule has 4 nitrogen and oxygen atoms in total. The largest absolute Gasteiger partial charge is 0.455 e. The van der Waals surface area contributed by atoms with Crippen LogP contribution < -0.4 is 5.32 Å². The van der Waals surface area contributed by atoms with Crippen molar-refractivity contribution in [1.29, 1.82) is 0 Å². The minimum Gasteiger partial charge on any atom is -0.455 e. The molecule has 0 bridgehead atoms. The summed E-state index contributed by atoms with van der Waals surface area (Å²) in [7, 11) is 0. The smallest absolute Gasteiger partial charge is 0.316 e. The van der Waals surface area contributed by atoms with Gasteiger partial charge in [0.25, 0.3) is 5.91 Å². The second-order valence-corrected chi connectivity index (χ2v) is 7.21. The number of hydrogen-bond acceptors (Lipinski definition) is 4. The molecule has 24 heavy (non-hydrogen) atoms. The number of esters is 1. The van der Waals surface area contributed by atoms with Crippen molar-refractivity contribution in [3.63, 3.8) is 0 Å². The minimum atomic E-state index is -0.410. The molecule has 0 aliphatic heterocycles. The Morgan fingerprint density at radius 2 is 1.83 bits per heavy atom. The first-order valence-corrected chi connectivity index (χ1v) is 9.13. The van der Waals surface area contributed by atoms with E-state index in [-0.39, 0.29) is 18.3 Å². The number of anilines is 1. The van der Waals surface area contributed by atoms with Crippen LogP contribution in [0.5, 0.6) is 0 Å². The maximum atomic E-state index is 11.8. The van der Waals surface area contributed by atoms with E-state index in [1.165, 1.54) is 11.8 Å². The quantitative estimate of drug-likeness (QED) is 0.571. The molecule has 1 amide bonds. The minimum absolute atomic E-state index is 0.176. The molecule has 2 aromatic rings. The Morgan fingerprint density at radius 1 is 1.12 bits per heavy atom. The van der Waals surface area contributed by atoms with Gasteiger partial charge in [0.1, 0.15) is 0 Å². The van der Waals surface area contributed by atoms with Crippen LogP contribution in [0.1, 0.15) is 11.1 Å². The lowest BCUT2D eigenvalue weighted by Gasteiger charge is -2.08. The first-order valence-electron chi connectivity index (χ1n) is 7.35. The standard InChI is InChI=1S/C18H18BrNO3S/c1-12-3-4-13(2)16(9-12)24-11-18(22)23-10-17(21)20-15-7-5-14(19)6-8-15/h3-9H,10-11H2,1-2H3,(H,20,21). The maximum absolute atomic E-state index is 11.8. The highest BCUT2D eigenvalue weighted by Crippen LogP contribution is 2.23. The van der Waals surface area contributed by atoms with Gasteiger partial charge in [0.2, 0.25) is 0 Å². The molecule has 126 valence electrons. The van der Waals surface area contributed by atoms with E-state index in [4.69, 9.17) is 4.74 Å². The fraction of sp³-hybridized carbons (Fsp3) is 0.222. The number of hydrogen-bond donors (Lipinski definition) is 1. The fourth-order valence-electron chi connectivity index (χ4n) is 1.92. The van der Waals surface area contributed by atoms with E-state index in [9.17, 15) is 9.59 Å². The van der Waals surface area contributed by atoms with Gasteiger partial charge in [-0.15, -0.1) is 11.8 Å². The van der Waals surface area contributed by atoms with Crippen molar-refractivity contribution in [3.8, 4) is 0 Å². The number of carbonyl (C=O) groups is 2. The van der Waals surface area contributed by atoms with Crippen LogP contribution in [0, 0.1) is 13.8 Å². The van der Waals surface area contributed by atoms with E-state index in [0.29, 0.717) is 5.69 Å². The van der Waals surface area contributed by atoms with Crippen LogP contribution in [-0.4, -0.2) is 24.2 Å². The van der Waals surface area contributed by atoms with Gasteiger partial charge in [-0.1, -0.05) is 33.6 Å². The number of amides is 1. The van der Waals surface area contributed by atoms with Crippen molar-refractivity contribution < 1.29 is 14.3 Å². The lowest BCUT2D eigenvalue weighted by atomic mass is 10.2. The van der Waals surface area contributed by atoms with Gasteiger partial charge in [-0.2, -0.15) is 0 Å². The number of aryl methyl sites for hydroxylation is 2. The molecule has 0 aromatic heterocycles. The summed E-state index contributed by atoms with van der Waals surface area (Å²) in [4.78, 5) is 24.6. The summed E-state index contributed by atoms with van der Waals surface area (Å²) in [6.07, 6.45) is 0. The molecule has 2 rings (SSSR count). The second kappa shape index (κ2) is 8.89. The normalized spacial score (nSPS) is 10.3. The summed E-state index contributed by atoms with van der Waals surface area (Å²) < 4.78 is 5.94. The van der Waals surface area contributed by atoms with Gasteiger partial charge < -0.3 is 10.1 Å². The van der Waals surface area contributed by atoms with Crippen molar-refractivity contribution in [2.24, 2.45) is 0 Å². The second-order valence-electron chi connectivity index (χ2n) is 5.27. The third-order valence-corrected chi connectivity index (χ3v) is 4.84. The first-order chi connectivity index (χ1) is 11.4. The van der Waals surface area contributed by atoms with Crippen LogP contribution in [0.2, 0.25) is 0 Å². The van der Waals surface area contributed by atoms with Gasteiger partial charge in [-0.05, 0) is 49.7 Å². The zero-order valence-electron chi connectivity index (χ0n) is 13.5. The summed E-state index contributed by atoms with van der Waals surface area (Å²) in [6, 6.07) is 13.3. The average molecular weight is 408 g/mol. The summed E-state index contributed by atoms with van der Waals surface area (Å²) in [5, 5.41) is 2.67. The molecule has 0 aliphatic rings. The van der Waals surface area contributed by atoms with E-state index in [0.717, 1.165) is 20.5 Å². The number of carbonyl (C=O) groups excluding carboxylic acids is 2. The Morgan fingerprint density at radius 3 is 2.54 bits per heavy atom. The van der Waals surface area contributed by atoms with Crippen molar-refractivity contribution >= 4 is 45.3 Å². The predicted molar refractivity (Wildman–Crippen MR) is 100 cm³/mol. The molecular formula is C18H18BrNO3S. The van der Waals surface area contributed by atoms with E-state index >= 15 is 0 Å². The molecule has 0 saturated heterocycles. The molecule has 0 spiro atoms. The summed E-state index contributed by atoms with van der Waals surface area (Å²) in [6.45, 7) is 3.72. The van der Waals surface area contributed by atoms with E-state index < -0.39 is 5.97 Å². The topological polar surface area (TPSA) is 55.4 Å². The van der Waals surface area contributed by atoms with Gasteiger partial charge in [-0.3, -0.25) is 9.59 Å². The number of benzene rings is 2. The fourth-order valence-corrected chi connectivity index (χ4v) is 3.10. The number of ether oxygens (including phenoxy) is 1. The zero-order chi connectivity index (χ0) is 17.5. The van der Waals surface area contributed by atoms with Crippen molar-refractivity contribution in [3.05, 3.63) is 58.1 Å². The third-order valence-electron chi connectivity index (χ3n) is 3.18. The van der Waals surface area contributed by atoms with Gasteiger partial charge >= 0.3 is 5.97 Å². The lowest BCUT2D eigenvalue weighted by Crippen LogP contribution is -2.21. The molecule has 0 fully saturated rings. The van der Waals surface area contributed by atoms with Crippen LogP contribution >= 0.6 is 27.7 Å². The van der Waals surface area contributed by atoms with E-state index in [2.05, 4.69) is 21.2 Å². The molecule has 0 radical (unpaired) electrons. The SMILES string of the molecule is Cc1ccc(C)c(SCC(=O)OCC(=O)Nc2ccc(Br)cc2)c1. The molecule has 2 aromatic carbocycles. The van der Waals surface area contributed by atoms with Crippen LogP contribution in [0.4, 0.5) is 5.69 Å². The Labute approximate surface area is 154 Å². The molecule has 0 unspecified atom stereocenters. The van der Waals surface area contributed by atoms with Crippen LogP contribution in [0.25, 0.3) is 0 Å². The molecule has 1 N–H and O–H groups in total. The average Bonchev–Trinajstić information content (AvgIpc) is 2.56. The number of rotatable bonds is 6. The van der Waals surface area contributed by atoms with Crippen LogP contribution in [0.3, 0.4) is 0 Å². The molecule has 0 aliphatic carbocycles. The molecule has 0 heterocycles. The highest BCUT2D eigenvalue weighted by atomic mass is 79.9. The highest BCUT2D eigenvalue weighted by molar-refractivity contribution is 9.10.